The molecule has 1 aromatic carbocycles. The molecule has 1 aliphatic rings. The summed E-state index contributed by atoms with van der Waals surface area (Å²) in [7, 11) is 0. The van der Waals surface area contributed by atoms with Crippen LogP contribution in [0.4, 0.5) is 0 Å². The van der Waals surface area contributed by atoms with Gasteiger partial charge in [0.1, 0.15) is 0 Å². The fourth-order valence-corrected chi connectivity index (χ4v) is 2.41. The molecule has 0 radical (unpaired) electrons. The van der Waals surface area contributed by atoms with E-state index in [4.69, 9.17) is 21.1 Å². The van der Waals surface area contributed by atoms with E-state index in [9.17, 15) is 0 Å². The van der Waals surface area contributed by atoms with Gasteiger partial charge in [-0.15, -0.1) is 0 Å². The van der Waals surface area contributed by atoms with Crippen molar-refractivity contribution in [3.8, 4) is 0 Å². The first-order valence-corrected chi connectivity index (χ1v) is 7.36. The fourth-order valence-electron chi connectivity index (χ4n) is 2.21. The van der Waals surface area contributed by atoms with E-state index in [1.54, 1.807) is 0 Å². The Hall–Kier alpha value is -0.610. The van der Waals surface area contributed by atoms with Gasteiger partial charge in [-0.05, 0) is 37.1 Å². The standard InChI is InChI=1S/C15H22ClNO2/c1-2-7-17-10-15(19-14-6-8-18-11-14)12-4-3-5-13(16)9-12/h3-5,9,14-15,17H,2,6-8,10-11H2,1H3. The molecule has 3 nitrogen and oxygen atoms in total. The molecular formula is C15H22ClNO2. The summed E-state index contributed by atoms with van der Waals surface area (Å²) in [6.45, 7) is 5.47. The van der Waals surface area contributed by atoms with E-state index < -0.39 is 0 Å². The van der Waals surface area contributed by atoms with E-state index in [1.165, 1.54) is 0 Å². The molecule has 0 saturated carbocycles. The maximum atomic E-state index is 6.15. The summed E-state index contributed by atoms with van der Waals surface area (Å²) in [6, 6.07) is 7.91. The highest BCUT2D eigenvalue weighted by atomic mass is 35.5. The first-order valence-electron chi connectivity index (χ1n) is 6.99. The van der Waals surface area contributed by atoms with Crippen molar-refractivity contribution in [1.82, 2.24) is 5.32 Å². The molecule has 2 unspecified atom stereocenters. The van der Waals surface area contributed by atoms with Crippen LogP contribution in [0.1, 0.15) is 31.4 Å². The molecule has 1 N–H and O–H groups in total. The lowest BCUT2D eigenvalue weighted by molar-refractivity contribution is -0.0163. The third-order valence-corrected chi connectivity index (χ3v) is 3.46. The fraction of sp³-hybridized carbons (Fsp3) is 0.600. The van der Waals surface area contributed by atoms with E-state index in [0.29, 0.717) is 6.61 Å². The van der Waals surface area contributed by atoms with Gasteiger partial charge < -0.3 is 14.8 Å². The van der Waals surface area contributed by atoms with Crippen LogP contribution in [0.15, 0.2) is 24.3 Å². The summed E-state index contributed by atoms with van der Waals surface area (Å²) in [5.41, 5.74) is 1.13. The Morgan fingerprint density at radius 1 is 1.53 bits per heavy atom. The molecule has 1 aliphatic heterocycles. The van der Waals surface area contributed by atoms with Gasteiger partial charge >= 0.3 is 0 Å². The van der Waals surface area contributed by atoms with Gasteiger partial charge in [-0.1, -0.05) is 30.7 Å². The lowest BCUT2D eigenvalue weighted by Gasteiger charge is -2.22. The molecule has 19 heavy (non-hydrogen) atoms. The lowest BCUT2D eigenvalue weighted by Crippen LogP contribution is -2.27. The summed E-state index contributed by atoms with van der Waals surface area (Å²) in [6.07, 6.45) is 2.34. The van der Waals surface area contributed by atoms with Crippen molar-refractivity contribution in [2.45, 2.75) is 32.0 Å². The third kappa shape index (κ3) is 4.77. The van der Waals surface area contributed by atoms with Gasteiger partial charge in [-0.25, -0.2) is 0 Å². The molecule has 106 valence electrons. The second-order valence-corrected chi connectivity index (χ2v) is 5.31. The van der Waals surface area contributed by atoms with E-state index >= 15 is 0 Å². The van der Waals surface area contributed by atoms with E-state index in [1.807, 2.05) is 18.2 Å². The minimum absolute atomic E-state index is 0.0388. The van der Waals surface area contributed by atoms with Crippen LogP contribution in [-0.2, 0) is 9.47 Å². The molecule has 1 heterocycles. The minimum Gasteiger partial charge on any atom is -0.379 e. The molecule has 0 bridgehead atoms. The molecule has 2 rings (SSSR count). The quantitative estimate of drug-likeness (QED) is 0.780. The van der Waals surface area contributed by atoms with Gasteiger partial charge in [0, 0.05) is 18.2 Å². The summed E-state index contributed by atoms with van der Waals surface area (Å²) < 4.78 is 11.5. The maximum Gasteiger partial charge on any atom is 0.0954 e. The van der Waals surface area contributed by atoms with Crippen molar-refractivity contribution in [3.05, 3.63) is 34.9 Å². The van der Waals surface area contributed by atoms with Crippen molar-refractivity contribution in [2.75, 3.05) is 26.3 Å². The predicted molar refractivity (Wildman–Crippen MR) is 77.7 cm³/mol. The summed E-state index contributed by atoms with van der Waals surface area (Å²) >= 11 is 6.07. The summed E-state index contributed by atoms with van der Waals surface area (Å²) in [5.74, 6) is 0. The topological polar surface area (TPSA) is 30.5 Å². The Labute approximate surface area is 120 Å². The maximum absolute atomic E-state index is 6.15. The number of benzene rings is 1. The molecule has 2 atom stereocenters. The number of ether oxygens (including phenoxy) is 2. The second-order valence-electron chi connectivity index (χ2n) is 4.87. The molecular weight excluding hydrogens is 262 g/mol. The second kappa shape index (κ2) is 7.85. The van der Waals surface area contributed by atoms with Gasteiger partial charge in [0.05, 0.1) is 18.8 Å². The molecule has 0 spiro atoms. The normalized spacial score (nSPS) is 20.6. The smallest absolute Gasteiger partial charge is 0.0954 e. The Bertz CT molecular complexity index is 380. The van der Waals surface area contributed by atoms with Crippen LogP contribution >= 0.6 is 11.6 Å². The largest absolute Gasteiger partial charge is 0.379 e. The predicted octanol–water partition coefficient (Wildman–Crippen LogP) is 3.19. The molecule has 0 aliphatic carbocycles. The molecule has 1 fully saturated rings. The van der Waals surface area contributed by atoms with Crippen LogP contribution in [-0.4, -0.2) is 32.4 Å². The number of hydrogen-bond acceptors (Lipinski definition) is 3. The molecule has 4 heteroatoms. The number of halogens is 1. The highest BCUT2D eigenvalue weighted by Crippen LogP contribution is 2.24. The van der Waals surface area contributed by atoms with E-state index in [-0.39, 0.29) is 12.2 Å². The molecule has 0 aromatic heterocycles. The zero-order valence-corrected chi connectivity index (χ0v) is 12.2. The SMILES string of the molecule is CCCNCC(OC1CCOC1)c1cccc(Cl)c1. The molecule has 1 saturated heterocycles. The van der Waals surface area contributed by atoms with Gasteiger partial charge in [-0.2, -0.15) is 0 Å². The average molecular weight is 284 g/mol. The monoisotopic (exact) mass is 283 g/mol. The Kier molecular flexibility index (Phi) is 6.11. The van der Waals surface area contributed by atoms with Crippen molar-refractivity contribution in [2.24, 2.45) is 0 Å². The van der Waals surface area contributed by atoms with Crippen LogP contribution in [0.2, 0.25) is 5.02 Å². The van der Waals surface area contributed by atoms with Gasteiger partial charge in [-0.3, -0.25) is 0 Å². The Morgan fingerprint density at radius 2 is 2.42 bits per heavy atom. The summed E-state index contributed by atoms with van der Waals surface area (Å²) in [4.78, 5) is 0. The van der Waals surface area contributed by atoms with Crippen LogP contribution in [0.25, 0.3) is 0 Å². The zero-order valence-electron chi connectivity index (χ0n) is 11.4. The molecule has 0 amide bonds. The van der Waals surface area contributed by atoms with E-state index in [0.717, 1.165) is 43.1 Å². The molecule has 1 aromatic rings. The van der Waals surface area contributed by atoms with Crippen molar-refractivity contribution in [3.63, 3.8) is 0 Å². The highest BCUT2D eigenvalue weighted by molar-refractivity contribution is 6.30. The van der Waals surface area contributed by atoms with Crippen molar-refractivity contribution >= 4 is 11.6 Å². The number of nitrogens with one attached hydrogen (secondary N) is 1. The van der Waals surface area contributed by atoms with Crippen molar-refractivity contribution < 1.29 is 9.47 Å². The summed E-state index contributed by atoms with van der Waals surface area (Å²) in [5, 5.41) is 4.17. The first-order chi connectivity index (χ1) is 9.29. The minimum atomic E-state index is 0.0388. The van der Waals surface area contributed by atoms with E-state index in [2.05, 4.69) is 18.3 Å². The van der Waals surface area contributed by atoms with Crippen molar-refractivity contribution in [1.29, 1.82) is 0 Å². The van der Waals surface area contributed by atoms with Gasteiger partial charge in [0.25, 0.3) is 0 Å². The lowest BCUT2D eigenvalue weighted by atomic mass is 10.1. The van der Waals surface area contributed by atoms with Crippen LogP contribution in [0.5, 0.6) is 0 Å². The van der Waals surface area contributed by atoms with Crippen LogP contribution < -0.4 is 5.32 Å². The Morgan fingerprint density at radius 3 is 3.11 bits per heavy atom. The van der Waals surface area contributed by atoms with Gasteiger partial charge in [0.15, 0.2) is 0 Å². The number of rotatable bonds is 7. The zero-order chi connectivity index (χ0) is 13.5. The average Bonchev–Trinajstić information content (AvgIpc) is 2.91. The first kappa shape index (κ1) is 14.8. The number of hydrogen-bond donors (Lipinski definition) is 1. The van der Waals surface area contributed by atoms with Gasteiger partial charge in [0.2, 0.25) is 0 Å². The van der Waals surface area contributed by atoms with Crippen LogP contribution in [0.3, 0.4) is 0 Å². The highest BCUT2D eigenvalue weighted by Gasteiger charge is 2.22. The van der Waals surface area contributed by atoms with Crippen LogP contribution in [0, 0.1) is 0 Å². The third-order valence-electron chi connectivity index (χ3n) is 3.22. The Balaban J connectivity index is 1.99.